The Hall–Kier alpha value is -2.34. The average Bonchev–Trinajstić information content (AvgIpc) is 2.60. The van der Waals surface area contributed by atoms with Crippen molar-refractivity contribution in [3.05, 3.63) is 34.9 Å². The lowest BCUT2D eigenvalue weighted by molar-refractivity contribution is 0.0467. The van der Waals surface area contributed by atoms with Gasteiger partial charge in [-0.15, -0.1) is 0 Å². The van der Waals surface area contributed by atoms with Crippen LogP contribution in [-0.2, 0) is 0 Å². The minimum atomic E-state index is -0.509. The first kappa shape index (κ1) is 18.5. The van der Waals surface area contributed by atoms with Crippen LogP contribution in [0, 0.1) is 12.5 Å². The number of hydrogen-bond acceptors (Lipinski definition) is 7. The number of ether oxygens (including phenoxy) is 2. The summed E-state index contributed by atoms with van der Waals surface area (Å²) in [6.07, 6.45) is 9.46. The van der Waals surface area contributed by atoms with E-state index < -0.39 is 6.10 Å². The molecule has 1 saturated heterocycles. The second-order valence-electron chi connectivity index (χ2n) is 5.84. The Labute approximate surface area is 160 Å². The molecule has 136 valence electrons. The van der Waals surface area contributed by atoms with E-state index in [0.717, 1.165) is 18.8 Å². The first-order chi connectivity index (χ1) is 12.6. The van der Waals surface area contributed by atoms with E-state index in [0.29, 0.717) is 22.7 Å². The summed E-state index contributed by atoms with van der Waals surface area (Å²) < 4.78 is 11.2. The van der Waals surface area contributed by atoms with Gasteiger partial charge in [-0.05, 0) is 47.6 Å². The minimum Gasteiger partial charge on any atom is -0.491 e. The molecule has 1 aromatic heterocycles. The number of aromatic nitrogens is 2. The normalized spacial score (nSPS) is 14.8. The molecule has 7 nitrogen and oxygen atoms in total. The number of halogens is 1. The molecule has 0 amide bonds. The first-order valence-electron chi connectivity index (χ1n) is 8.19. The molecule has 1 aromatic carbocycles. The topological polar surface area (TPSA) is 79.7 Å². The Balaban J connectivity index is 1.58. The van der Waals surface area contributed by atoms with Crippen LogP contribution in [0.3, 0.4) is 0 Å². The molecule has 0 aliphatic carbocycles. The first-order valence-corrected chi connectivity index (χ1v) is 8.98. The summed E-state index contributed by atoms with van der Waals surface area (Å²) in [5.41, 5.74) is 0.744. The number of likely N-dealkylation sites (tertiary alicyclic amines) is 1. The summed E-state index contributed by atoms with van der Waals surface area (Å²) in [4.78, 5) is 10.6. The molecule has 0 radical (unpaired) electrons. The lowest BCUT2D eigenvalue weighted by Gasteiger charge is -2.32. The maximum atomic E-state index is 10.0. The van der Waals surface area contributed by atoms with Crippen molar-refractivity contribution in [3.8, 4) is 24.2 Å². The fourth-order valence-corrected chi connectivity index (χ4v) is 2.71. The number of nitrogens with one attached hydrogen (secondary N) is 1. The van der Waals surface area contributed by atoms with E-state index in [1.165, 1.54) is 6.42 Å². The van der Waals surface area contributed by atoms with Crippen molar-refractivity contribution in [2.45, 2.75) is 12.5 Å². The SMILES string of the molecule is C#COc1nc(Nc2cccc(OC[C@H](O)CN3CCC3)c2)ncc1Br. The Bertz CT molecular complexity index is 792. The van der Waals surface area contributed by atoms with Gasteiger partial charge in [0, 0.05) is 18.3 Å². The standard InChI is InChI=1S/C18H19BrN4O3/c1-2-25-17-16(19)10-20-18(22-17)21-13-5-3-6-15(9-13)26-12-14(24)11-23-7-4-8-23/h1,3,5-6,9-10,14,24H,4,7-8,11-12H2,(H,20,21,22)/t14-/m1/s1. The van der Waals surface area contributed by atoms with Crippen LogP contribution in [0.15, 0.2) is 34.9 Å². The summed E-state index contributed by atoms with van der Waals surface area (Å²) in [7, 11) is 0. The molecule has 0 saturated carbocycles. The monoisotopic (exact) mass is 418 g/mol. The van der Waals surface area contributed by atoms with E-state index in [-0.39, 0.29) is 12.5 Å². The largest absolute Gasteiger partial charge is 0.491 e. The third kappa shape index (κ3) is 5.08. The fourth-order valence-electron chi connectivity index (χ4n) is 2.44. The highest BCUT2D eigenvalue weighted by Gasteiger charge is 2.17. The van der Waals surface area contributed by atoms with Gasteiger partial charge >= 0.3 is 0 Å². The van der Waals surface area contributed by atoms with E-state index in [4.69, 9.17) is 15.9 Å². The van der Waals surface area contributed by atoms with Crippen molar-refractivity contribution in [2.75, 3.05) is 31.6 Å². The second-order valence-corrected chi connectivity index (χ2v) is 6.69. The van der Waals surface area contributed by atoms with Gasteiger partial charge < -0.3 is 24.8 Å². The zero-order valence-electron chi connectivity index (χ0n) is 14.1. The third-order valence-electron chi connectivity index (χ3n) is 3.82. The van der Waals surface area contributed by atoms with Gasteiger partial charge in [-0.25, -0.2) is 4.98 Å². The molecule has 0 unspecified atom stereocenters. The summed E-state index contributed by atoms with van der Waals surface area (Å²) in [6.45, 7) is 2.99. The number of β-amino-alcohol motifs (C(OH)–C–C–N with tert-alkyl or cyclic N) is 1. The van der Waals surface area contributed by atoms with Gasteiger partial charge in [-0.1, -0.05) is 12.5 Å². The molecule has 2 aromatic rings. The summed E-state index contributed by atoms with van der Waals surface area (Å²) in [5.74, 6) is 1.25. The van der Waals surface area contributed by atoms with Gasteiger partial charge in [0.05, 0.1) is 10.7 Å². The number of rotatable bonds is 8. The van der Waals surface area contributed by atoms with Crippen molar-refractivity contribution < 1.29 is 14.6 Å². The molecule has 26 heavy (non-hydrogen) atoms. The molecule has 3 rings (SSSR count). The molecule has 1 aliphatic rings. The van der Waals surface area contributed by atoms with E-state index in [9.17, 15) is 5.11 Å². The zero-order valence-corrected chi connectivity index (χ0v) is 15.6. The van der Waals surface area contributed by atoms with Gasteiger partial charge in [0.2, 0.25) is 11.8 Å². The van der Waals surface area contributed by atoms with Crippen molar-refractivity contribution in [3.63, 3.8) is 0 Å². The lowest BCUT2D eigenvalue weighted by Crippen LogP contribution is -2.43. The predicted molar refractivity (Wildman–Crippen MR) is 101 cm³/mol. The number of benzene rings is 1. The molecular weight excluding hydrogens is 400 g/mol. The highest BCUT2D eigenvalue weighted by Crippen LogP contribution is 2.25. The van der Waals surface area contributed by atoms with E-state index in [2.05, 4.69) is 42.2 Å². The Morgan fingerprint density at radius 1 is 1.42 bits per heavy atom. The molecule has 2 N–H and O–H groups in total. The summed E-state index contributed by atoms with van der Waals surface area (Å²) >= 11 is 3.27. The second kappa shape index (κ2) is 8.85. The minimum absolute atomic E-state index is 0.245. The maximum Gasteiger partial charge on any atom is 0.249 e. The number of aliphatic hydroxyl groups is 1. The van der Waals surface area contributed by atoms with Gasteiger partial charge in [0.15, 0.2) is 0 Å². The van der Waals surface area contributed by atoms with E-state index in [1.807, 2.05) is 24.3 Å². The summed E-state index contributed by atoms with van der Waals surface area (Å²) in [6, 6.07) is 7.34. The van der Waals surface area contributed by atoms with Crippen molar-refractivity contribution in [2.24, 2.45) is 0 Å². The number of aliphatic hydroxyl groups excluding tert-OH is 1. The van der Waals surface area contributed by atoms with Crippen LogP contribution in [0.1, 0.15) is 6.42 Å². The molecule has 1 atom stereocenters. The number of nitrogens with zero attached hydrogens (tertiary/aromatic N) is 3. The third-order valence-corrected chi connectivity index (χ3v) is 4.36. The van der Waals surface area contributed by atoms with E-state index in [1.54, 1.807) is 6.20 Å². The Kier molecular flexibility index (Phi) is 6.28. The van der Waals surface area contributed by atoms with Crippen molar-refractivity contribution in [1.82, 2.24) is 14.9 Å². The smallest absolute Gasteiger partial charge is 0.249 e. The fraction of sp³-hybridized carbons (Fsp3) is 0.333. The van der Waals surface area contributed by atoms with E-state index >= 15 is 0 Å². The lowest BCUT2D eigenvalue weighted by atomic mass is 10.2. The van der Waals surface area contributed by atoms with Gasteiger partial charge in [-0.3, -0.25) is 0 Å². The number of anilines is 2. The Morgan fingerprint density at radius 3 is 3.00 bits per heavy atom. The van der Waals surface area contributed by atoms with Crippen LogP contribution in [0.4, 0.5) is 11.6 Å². The molecule has 1 fully saturated rings. The van der Waals surface area contributed by atoms with Gasteiger partial charge in [0.25, 0.3) is 0 Å². The van der Waals surface area contributed by atoms with Crippen molar-refractivity contribution in [1.29, 1.82) is 0 Å². The zero-order chi connectivity index (χ0) is 18.4. The van der Waals surface area contributed by atoms with Crippen molar-refractivity contribution >= 4 is 27.6 Å². The number of terminal acetylenes is 1. The van der Waals surface area contributed by atoms with Crippen LogP contribution in [-0.4, -0.2) is 52.3 Å². The van der Waals surface area contributed by atoms with Gasteiger partial charge in [0.1, 0.15) is 24.6 Å². The highest BCUT2D eigenvalue weighted by molar-refractivity contribution is 9.10. The summed E-state index contributed by atoms with van der Waals surface area (Å²) in [5, 5.41) is 13.1. The van der Waals surface area contributed by atoms with Crippen LogP contribution < -0.4 is 14.8 Å². The van der Waals surface area contributed by atoms with Crippen LogP contribution in [0.25, 0.3) is 0 Å². The van der Waals surface area contributed by atoms with Crippen LogP contribution in [0.5, 0.6) is 11.6 Å². The Morgan fingerprint density at radius 2 is 2.27 bits per heavy atom. The molecular formula is C18H19BrN4O3. The molecule has 8 heteroatoms. The molecule has 0 spiro atoms. The highest BCUT2D eigenvalue weighted by atomic mass is 79.9. The van der Waals surface area contributed by atoms with Crippen LogP contribution >= 0.6 is 15.9 Å². The van der Waals surface area contributed by atoms with Crippen LogP contribution in [0.2, 0.25) is 0 Å². The predicted octanol–water partition coefficient (Wildman–Crippen LogP) is 2.40. The molecule has 0 bridgehead atoms. The average molecular weight is 419 g/mol. The maximum absolute atomic E-state index is 10.0. The molecule has 1 aliphatic heterocycles. The quantitative estimate of drug-likeness (QED) is 0.637. The number of hydrogen-bond donors (Lipinski definition) is 2. The van der Waals surface area contributed by atoms with Gasteiger partial charge in [-0.2, -0.15) is 4.98 Å². The molecule has 2 heterocycles.